The molecule has 0 aromatic carbocycles. The molecule has 0 atom stereocenters. The Morgan fingerprint density at radius 3 is 3.25 bits per heavy atom. The second kappa shape index (κ2) is 5.97. The Morgan fingerprint density at radius 1 is 1.56 bits per heavy atom. The number of thiophene rings is 1. The molecule has 0 aliphatic heterocycles. The summed E-state index contributed by atoms with van der Waals surface area (Å²) in [5.41, 5.74) is 0. The smallest absolute Gasteiger partial charge is 0.209 e. The molecule has 0 unspecified atom stereocenters. The molecule has 2 heterocycles. The predicted molar refractivity (Wildman–Crippen MR) is 65.6 cm³/mol. The molecule has 2 aromatic heterocycles. The number of nitrogens with zero attached hydrogens (tertiary/aromatic N) is 4. The Morgan fingerprint density at radius 2 is 2.50 bits per heavy atom. The molecular formula is C9H13N5S2. The van der Waals surface area contributed by atoms with Crippen molar-refractivity contribution in [3.63, 3.8) is 0 Å². The zero-order valence-electron chi connectivity index (χ0n) is 8.96. The number of aromatic nitrogens is 4. The molecule has 0 aliphatic rings. The molecule has 7 heteroatoms. The van der Waals surface area contributed by atoms with Crippen molar-refractivity contribution in [1.29, 1.82) is 0 Å². The number of thioether (sulfide) groups is 1. The summed E-state index contributed by atoms with van der Waals surface area (Å²) in [7, 11) is 1.92. The van der Waals surface area contributed by atoms with Crippen LogP contribution in [0.2, 0.25) is 0 Å². The molecule has 1 N–H and O–H groups in total. The van der Waals surface area contributed by atoms with E-state index in [4.69, 9.17) is 0 Å². The first-order valence-corrected chi connectivity index (χ1v) is 6.82. The van der Waals surface area contributed by atoms with Crippen molar-refractivity contribution >= 4 is 23.1 Å². The van der Waals surface area contributed by atoms with E-state index in [-0.39, 0.29) is 0 Å². The van der Waals surface area contributed by atoms with Gasteiger partial charge in [0.15, 0.2) is 0 Å². The Labute approximate surface area is 102 Å². The van der Waals surface area contributed by atoms with E-state index in [0.717, 1.165) is 24.0 Å². The number of likely N-dealkylation sites (N-methyl/N-ethyl adjacent to an activating group) is 1. The molecule has 0 aliphatic carbocycles. The van der Waals surface area contributed by atoms with Crippen molar-refractivity contribution < 1.29 is 0 Å². The molecule has 0 fully saturated rings. The Kier molecular flexibility index (Phi) is 4.32. The molecule has 16 heavy (non-hydrogen) atoms. The third-order valence-electron chi connectivity index (χ3n) is 2.00. The summed E-state index contributed by atoms with van der Waals surface area (Å²) in [6.07, 6.45) is 0. The number of rotatable bonds is 6. The summed E-state index contributed by atoms with van der Waals surface area (Å²) in [5.74, 6) is 0.928. The van der Waals surface area contributed by atoms with Gasteiger partial charge in [-0.2, -0.15) is 0 Å². The Bertz CT molecular complexity index is 411. The summed E-state index contributed by atoms with van der Waals surface area (Å²) in [4.78, 5) is 1.34. The minimum absolute atomic E-state index is 0.802. The van der Waals surface area contributed by atoms with Crippen molar-refractivity contribution in [2.24, 2.45) is 0 Å². The molecule has 2 rings (SSSR count). The zero-order valence-corrected chi connectivity index (χ0v) is 10.6. The maximum atomic E-state index is 4.01. The van der Waals surface area contributed by atoms with Gasteiger partial charge in [0, 0.05) is 17.2 Å². The van der Waals surface area contributed by atoms with Gasteiger partial charge < -0.3 is 5.32 Å². The average molecular weight is 255 g/mol. The molecule has 0 bridgehead atoms. The number of nitrogens with one attached hydrogen (secondary N) is 1. The maximum absolute atomic E-state index is 4.01. The molecule has 0 saturated heterocycles. The predicted octanol–water partition coefficient (Wildman–Crippen LogP) is 1.25. The van der Waals surface area contributed by atoms with Crippen LogP contribution in [0.25, 0.3) is 0 Å². The first-order valence-electron chi connectivity index (χ1n) is 4.96. The van der Waals surface area contributed by atoms with Gasteiger partial charge in [0.25, 0.3) is 0 Å². The van der Waals surface area contributed by atoms with Crippen LogP contribution in [0.3, 0.4) is 0 Å². The highest BCUT2D eigenvalue weighted by Gasteiger charge is 2.06. The lowest BCUT2D eigenvalue weighted by atomic mass is 10.5. The van der Waals surface area contributed by atoms with Gasteiger partial charge in [-0.15, -0.1) is 16.4 Å². The minimum atomic E-state index is 0.802. The van der Waals surface area contributed by atoms with E-state index in [1.807, 2.05) is 11.7 Å². The maximum Gasteiger partial charge on any atom is 0.209 e. The van der Waals surface area contributed by atoms with E-state index in [1.165, 1.54) is 4.88 Å². The van der Waals surface area contributed by atoms with Gasteiger partial charge in [-0.3, -0.25) is 0 Å². The first kappa shape index (κ1) is 11.6. The van der Waals surface area contributed by atoms with Crippen LogP contribution < -0.4 is 5.32 Å². The summed E-state index contributed by atoms with van der Waals surface area (Å²) in [6.45, 7) is 1.67. The van der Waals surface area contributed by atoms with E-state index in [0.29, 0.717) is 0 Å². The van der Waals surface area contributed by atoms with Crippen LogP contribution in [0, 0.1) is 0 Å². The topological polar surface area (TPSA) is 55.6 Å². The molecule has 0 spiro atoms. The second-order valence-corrected chi connectivity index (χ2v) is 5.13. The van der Waals surface area contributed by atoms with Gasteiger partial charge in [0.1, 0.15) is 0 Å². The average Bonchev–Trinajstić information content (AvgIpc) is 2.94. The quantitative estimate of drug-likeness (QED) is 0.787. The lowest BCUT2D eigenvalue weighted by Crippen LogP contribution is -2.16. The summed E-state index contributed by atoms with van der Waals surface area (Å²) < 4.78 is 1.83. The fourth-order valence-electron chi connectivity index (χ4n) is 1.19. The molecule has 5 nitrogen and oxygen atoms in total. The zero-order chi connectivity index (χ0) is 11.2. The van der Waals surface area contributed by atoms with E-state index < -0.39 is 0 Å². The highest BCUT2D eigenvalue weighted by Crippen LogP contribution is 2.22. The van der Waals surface area contributed by atoms with Gasteiger partial charge in [0.2, 0.25) is 5.16 Å². The summed E-state index contributed by atoms with van der Waals surface area (Å²) >= 11 is 3.43. The third-order valence-corrected chi connectivity index (χ3v) is 4.06. The highest BCUT2D eigenvalue weighted by molar-refractivity contribution is 7.98. The number of hydrogen-bond donors (Lipinski definition) is 1. The van der Waals surface area contributed by atoms with Crippen LogP contribution in [0.5, 0.6) is 0 Å². The molecular weight excluding hydrogens is 242 g/mol. The van der Waals surface area contributed by atoms with Crippen LogP contribution in [-0.4, -0.2) is 33.8 Å². The van der Waals surface area contributed by atoms with E-state index in [2.05, 4.69) is 38.4 Å². The molecule has 86 valence electrons. The van der Waals surface area contributed by atoms with Crippen molar-refractivity contribution in [2.75, 3.05) is 13.6 Å². The largest absolute Gasteiger partial charge is 0.318 e. The van der Waals surface area contributed by atoms with Gasteiger partial charge in [-0.25, -0.2) is 4.68 Å². The fourth-order valence-corrected chi connectivity index (χ4v) is 2.86. The van der Waals surface area contributed by atoms with Crippen molar-refractivity contribution in [3.05, 3.63) is 22.4 Å². The van der Waals surface area contributed by atoms with Crippen LogP contribution in [0.1, 0.15) is 4.88 Å². The Balaban J connectivity index is 1.91. The van der Waals surface area contributed by atoms with Crippen LogP contribution >= 0.6 is 23.1 Å². The van der Waals surface area contributed by atoms with Gasteiger partial charge >= 0.3 is 0 Å². The van der Waals surface area contributed by atoms with E-state index >= 15 is 0 Å². The van der Waals surface area contributed by atoms with E-state index in [1.54, 1.807) is 23.1 Å². The molecule has 2 aromatic rings. The van der Waals surface area contributed by atoms with Crippen LogP contribution in [0.4, 0.5) is 0 Å². The summed E-state index contributed by atoms with van der Waals surface area (Å²) in [5, 5.41) is 17.7. The first-order chi connectivity index (χ1) is 7.90. The molecule has 0 radical (unpaired) electrons. The normalized spacial score (nSPS) is 10.8. The van der Waals surface area contributed by atoms with Crippen molar-refractivity contribution in [3.8, 4) is 0 Å². The van der Waals surface area contributed by atoms with Gasteiger partial charge in [-0.1, -0.05) is 17.8 Å². The number of tetrazole rings is 1. The second-order valence-electron chi connectivity index (χ2n) is 3.16. The minimum Gasteiger partial charge on any atom is -0.318 e. The van der Waals surface area contributed by atoms with Gasteiger partial charge in [0.05, 0.1) is 6.54 Å². The summed E-state index contributed by atoms with van der Waals surface area (Å²) in [6, 6.07) is 4.18. The molecule has 0 amide bonds. The van der Waals surface area contributed by atoms with Crippen LogP contribution in [0.15, 0.2) is 22.7 Å². The lowest BCUT2D eigenvalue weighted by Gasteiger charge is -2.02. The highest BCUT2D eigenvalue weighted by atomic mass is 32.2. The molecule has 0 saturated carbocycles. The third kappa shape index (κ3) is 3.03. The Hall–Kier alpha value is -0.920. The fraction of sp³-hybridized carbons (Fsp3) is 0.444. The van der Waals surface area contributed by atoms with E-state index in [9.17, 15) is 0 Å². The van der Waals surface area contributed by atoms with Crippen molar-refractivity contribution in [2.45, 2.75) is 17.5 Å². The number of hydrogen-bond acceptors (Lipinski definition) is 6. The van der Waals surface area contributed by atoms with Crippen LogP contribution in [-0.2, 0) is 12.3 Å². The standard InChI is InChI=1S/C9H13N5S2/c1-10-4-5-14-9(11-12-13-14)16-7-8-3-2-6-15-8/h2-3,6,10H,4-5,7H2,1H3. The SMILES string of the molecule is CNCCn1nnnc1SCc1cccs1. The van der Waals surface area contributed by atoms with Gasteiger partial charge in [-0.05, 0) is 28.9 Å². The lowest BCUT2D eigenvalue weighted by molar-refractivity contribution is 0.530. The van der Waals surface area contributed by atoms with Crippen molar-refractivity contribution in [1.82, 2.24) is 25.5 Å². The monoisotopic (exact) mass is 255 g/mol.